The molecule has 0 aliphatic carbocycles. The van der Waals surface area contributed by atoms with Crippen LogP contribution in [0.4, 0.5) is 10.5 Å². The van der Waals surface area contributed by atoms with Crippen LogP contribution in [-0.2, 0) is 10.2 Å². The quantitative estimate of drug-likeness (QED) is 0.635. The van der Waals surface area contributed by atoms with Crippen LogP contribution < -0.4 is 10.6 Å². The zero-order valence-electron chi connectivity index (χ0n) is 11.1. The second-order valence-electron chi connectivity index (χ2n) is 5.16. The molecule has 0 saturated heterocycles. The van der Waals surface area contributed by atoms with E-state index in [2.05, 4.69) is 31.4 Å². The van der Waals surface area contributed by atoms with Gasteiger partial charge in [-0.1, -0.05) is 32.9 Å². The summed E-state index contributed by atoms with van der Waals surface area (Å²) in [5.41, 5.74) is 2.06. The fourth-order valence-electron chi connectivity index (χ4n) is 1.47. The number of hydrogen-bond donors (Lipinski definition) is 2. The fraction of sp³-hybridized carbons (Fsp3) is 0.429. The summed E-state index contributed by atoms with van der Waals surface area (Å²) in [5, 5.41) is 5.31. The second-order valence-corrected chi connectivity index (χ2v) is 5.16. The lowest BCUT2D eigenvalue weighted by Crippen LogP contribution is -2.29. The van der Waals surface area contributed by atoms with E-state index in [0.29, 0.717) is 13.0 Å². The molecule has 0 aliphatic rings. The summed E-state index contributed by atoms with van der Waals surface area (Å²) >= 11 is 0. The van der Waals surface area contributed by atoms with Crippen molar-refractivity contribution in [2.75, 3.05) is 11.9 Å². The van der Waals surface area contributed by atoms with Gasteiger partial charge in [-0.15, -0.1) is 0 Å². The number of benzene rings is 1. The molecule has 0 saturated carbocycles. The third-order valence-electron chi connectivity index (χ3n) is 2.56. The first-order chi connectivity index (χ1) is 8.43. The van der Waals surface area contributed by atoms with E-state index in [1.807, 2.05) is 24.3 Å². The van der Waals surface area contributed by atoms with Crippen LogP contribution in [0.2, 0.25) is 0 Å². The van der Waals surface area contributed by atoms with Crippen LogP contribution in [0.3, 0.4) is 0 Å². The molecule has 0 atom stereocenters. The molecule has 98 valence electrons. The topological polar surface area (TPSA) is 58.2 Å². The van der Waals surface area contributed by atoms with Crippen LogP contribution in [0, 0.1) is 0 Å². The van der Waals surface area contributed by atoms with Gasteiger partial charge < -0.3 is 15.4 Å². The Kier molecular flexibility index (Phi) is 4.89. The number of hydrogen-bond acceptors (Lipinski definition) is 2. The summed E-state index contributed by atoms with van der Waals surface area (Å²) in [5.74, 6) is 0. The lowest BCUT2D eigenvalue weighted by molar-refractivity contribution is -0.107. The minimum Gasteiger partial charge on any atom is -0.337 e. The maximum atomic E-state index is 11.4. The molecule has 0 radical (unpaired) electrons. The normalized spacial score (nSPS) is 10.8. The van der Waals surface area contributed by atoms with Crippen LogP contribution in [0.15, 0.2) is 24.3 Å². The Hall–Kier alpha value is -1.84. The van der Waals surface area contributed by atoms with Crippen molar-refractivity contribution in [1.29, 1.82) is 0 Å². The predicted molar refractivity (Wildman–Crippen MR) is 72.8 cm³/mol. The van der Waals surface area contributed by atoms with Crippen molar-refractivity contribution in [3.63, 3.8) is 0 Å². The minimum absolute atomic E-state index is 0.102. The molecule has 2 N–H and O–H groups in total. The molecular weight excluding hydrogens is 228 g/mol. The number of amides is 2. The highest BCUT2D eigenvalue weighted by Gasteiger charge is 2.12. The van der Waals surface area contributed by atoms with E-state index in [0.717, 1.165) is 12.0 Å². The smallest absolute Gasteiger partial charge is 0.319 e. The Morgan fingerprint density at radius 3 is 2.33 bits per heavy atom. The molecule has 0 aliphatic heterocycles. The van der Waals surface area contributed by atoms with Crippen molar-refractivity contribution in [1.82, 2.24) is 5.32 Å². The molecule has 0 unspecified atom stereocenters. The van der Waals surface area contributed by atoms with E-state index in [-0.39, 0.29) is 11.4 Å². The van der Waals surface area contributed by atoms with Gasteiger partial charge in [-0.05, 0) is 23.1 Å². The number of rotatable bonds is 4. The summed E-state index contributed by atoms with van der Waals surface area (Å²) in [6.07, 6.45) is 1.11. The van der Waals surface area contributed by atoms with Gasteiger partial charge in [-0.3, -0.25) is 0 Å². The summed E-state index contributed by atoms with van der Waals surface area (Å²) in [6, 6.07) is 7.46. The minimum atomic E-state index is -0.291. The summed E-state index contributed by atoms with van der Waals surface area (Å²) in [7, 11) is 0. The number of anilines is 1. The van der Waals surface area contributed by atoms with Crippen molar-refractivity contribution >= 4 is 18.0 Å². The molecule has 4 heteroatoms. The molecule has 2 amide bonds. The van der Waals surface area contributed by atoms with E-state index >= 15 is 0 Å². The zero-order chi connectivity index (χ0) is 13.6. The first-order valence-corrected chi connectivity index (χ1v) is 6.02. The van der Waals surface area contributed by atoms with E-state index in [1.165, 1.54) is 5.56 Å². The predicted octanol–water partition coefficient (Wildman–Crippen LogP) is 2.69. The monoisotopic (exact) mass is 248 g/mol. The molecule has 0 bridgehead atoms. The van der Waals surface area contributed by atoms with Gasteiger partial charge in [0.15, 0.2) is 0 Å². The number of carbonyl (C=O) groups is 2. The van der Waals surface area contributed by atoms with Gasteiger partial charge in [0.2, 0.25) is 0 Å². The summed E-state index contributed by atoms with van der Waals surface area (Å²) in [4.78, 5) is 21.5. The number of urea groups is 1. The van der Waals surface area contributed by atoms with Crippen LogP contribution in [0.25, 0.3) is 0 Å². The van der Waals surface area contributed by atoms with Crippen molar-refractivity contribution in [3.05, 3.63) is 29.8 Å². The Bertz CT molecular complexity index is 405. The van der Waals surface area contributed by atoms with E-state index in [9.17, 15) is 9.59 Å². The average Bonchev–Trinajstić information content (AvgIpc) is 2.29. The summed E-state index contributed by atoms with van der Waals surface area (Å²) < 4.78 is 0. The van der Waals surface area contributed by atoms with Crippen LogP contribution in [0.1, 0.15) is 32.8 Å². The van der Waals surface area contributed by atoms with Gasteiger partial charge in [0, 0.05) is 18.7 Å². The third-order valence-corrected chi connectivity index (χ3v) is 2.56. The first-order valence-electron chi connectivity index (χ1n) is 6.02. The Morgan fingerprint density at radius 1 is 1.22 bits per heavy atom. The molecule has 0 fully saturated rings. The molecular formula is C14H20N2O2. The molecule has 0 spiro atoms. The van der Waals surface area contributed by atoms with Gasteiger partial charge >= 0.3 is 6.03 Å². The maximum Gasteiger partial charge on any atom is 0.319 e. The first kappa shape index (κ1) is 14.2. The second kappa shape index (κ2) is 6.19. The molecule has 0 aromatic heterocycles. The maximum absolute atomic E-state index is 11.4. The van der Waals surface area contributed by atoms with E-state index in [1.54, 1.807) is 0 Å². The van der Waals surface area contributed by atoms with Crippen molar-refractivity contribution in [3.8, 4) is 0 Å². The largest absolute Gasteiger partial charge is 0.337 e. The molecule has 1 rings (SSSR count). The Morgan fingerprint density at radius 2 is 1.83 bits per heavy atom. The molecule has 18 heavy (non-hydrogen) atoms. The highest BCUT2D eigenvalue weighted by molar-refractivity contribution is 5.89. The van der Waals surface area contributed by atoms with Crippen LogP contribution in [0.5, 0.6) is 0 Å². The Balaban J connectivity index is 2.53. The third kappa shape index (κ3) is 4.57. The number of nitrogens with one attached hydrogen (secondary N) is 2. The molecule has 0 heterocycles. The number of aldehydes is 1. The van der Waals surface area contributed by atoms with Crippen LogP contribution >= 0.6 is 0 Å². The lowest BCUT2D eigenvalue weighted by atomic mass is 9.87. The highest BCUT2D eigenvalue weighted by atomic mass is 16.2. The lowest BCUT2D eigenvalue weighted by Gasteiger charge is -2.19. The average molecular weight is 248 g/mol. The summed E-state index contributed by atoms with van der Waals surface area (Å²) in [6.45, 7) is 6.78. The van der Waals surface area contributed by atoms with Crippen molar-refractivity contribution in [2.24, 2.45) is 0 Å². The van der Waals surface area contributed by atoms with Gasteiger partial charge in [-0.2, -0.15) is 0 Å². The van der Waals surface area contributed by atoms with Crippen LogP contribution in [-0.4, -0.2) is 18.9 Å². The van der Waals surface area contributed by atoms with Gasteiger partial charge in [0.25, 0.3) is 0 Å². The van der Waals surface area contributed by atoms with Gasteiger partial charge in [0.1, 0.15) is 6.29 Å². The number of carbonyl (C=O) groups excluding carboxylic acids is 2. The van der Waals surface area contributed by atoms with Gasteiger partial charge in [0.05, 0.1) is 0 Å². The van der Waals surface area contributed by atoms with E-state index in [4.69, 9.17) is 0 Å². The molecule has 1 aromatic carbocycles. The fourth-order valence-corrected chi connectivity index (χ4v) is 1.47. The molecule has 1 aromatic rings. The molecule has 4 nitrogen and oxygen atoms in total. The van der Waals surface area contributed by atoms with Crippen molar-refractivity contribution in [2.45, 2.75) is 32.6 Å². The van der Waals surface area contributed by atoms with E-state index < -0.39 is 0 Å². The standard InChI is InChI=1S/C14H20N2O2/c1-14(2,3)11-5-7-12(8-6-11)16-13(18)15-9-4-10-17/h5-8,10H,4,9H2,1-3H3,(H2,15,16,18). The highest BCUT2D eigenvalue weighted by Crippen LogP contribution is 2.23. The van der Waals surface area contributed by atoms with Crippen molar-refractivity contribution < 1.29 is 9.59 Å². The zero-order valence-corrected chi connectivity index (χ0v) is 11.1. The van der Waals surface area contributed by atoms with Gasteiger partial charge in [-0.25, -0.2) is 4.79 Å². The SMILES string of the molecule is CC(C)(C)c1ccc(NC(=O)NCCC=O)cc1. The Labute approximate surface area is 108 Å².